The highest BCUT2D eigenvalue weighted by atomic mass is 35.5. The van der Waals surface area contributed by atoms with E-state index in [0.717, 1.165) is 28.6 Å². The molecule has 3 aliphatic rings. The fourth-order valence-corrected chi connectivity index (χ4v) is 10.9. The van der Waals surface area contributed by atoms with Crippen LogP contribution in [0.3, 0.4) is 0 Å². The van der Waals surface area contributed by atoms with Crippen LogP contribution in [-0.2, 0) is 24.8 Å². The zero-order valence-electron chi connectivity index (χ0n) is 32.1. The number of morpholine rings is 1. The molecule has 0 amide bonds. The molecule has 0 atom stereocenters. The number of sulfonamides is 2. The smallest absolute Gasteiger partial charge is 0.236 e. The van der Waals surface area contributed by atoms with Gasteiger partial charge >= 0.3 is 0 Å². The Morgan fingerprint density at radius 1 is 0.717 bits per heavy atom. The number of fused-ring (bicyclic) bond motifs is 2. The maximum atomic E-state index is 15.3. The molecule has 7 heterocycles. The highest BCUT2D eigenvalue weighted by Crippen LogP contribution is 2.41. The molecule has 14 nitrogen and oxygen atoms in total. The molecule has 2 aromatic carbocycles. The zero-order valence-corrected chi connectivity index (χ0v) is 34.5. The minimum atomic E-state index is -3.60. The van der Waals surface area contributed by atoms with Gasteiger partial charge in [0.25, 0.3) is 0 Å². The van der Waals surface area contributed by atoms with E-state index in [2.05, 4.69) is 35.1 Å². The van der Waals surface area contributed by atoms with Crippen LogP contribution in [0, 0.1) is 37.1 Å². The van der Waals surface area contributed by atoms with Crippen molar-refractivity contribution in [3.8, 4) is 11.1 Å². The van der Waals surface area contributed by atoms with Gasteiger partial charge in [0.15, 0.2) is 0 Å². The van der Waals surface area contributed by atoms with E-state index in [1.54, 1.807) is 32.4 Å². The molecule has 0 bridgehead atoms. The molecule has 9 rings (SSSR count). The normalized spacial score (nSPS) is 17.3. The molecule has 6 aromatic rings. The first-order valence-corrected chi connectivity index (χ1v) is 22.3. The quantitative estimate of drug-likeness (QED) is 0.174. The Bertz CT molecular complexity index is 2890. The Morgan fingerprint density at radius 3 is 1.83 bits per heavy atom. The Kier molecular flexibility index (Phi) is 11.2. The molecule has 3 saturated heterocycles. The van der Waals surface area contributed by atoms with Crippen molar-refractivity contribution in [3.05, 3.63) is 94.7 Å². The van der Waals surface area contributed by atoms with Gasteiger partial charge in [-0.25, -0.2) is 59.3 Å². The van der Waals surface area contributed by atoms with E-state index in [4.69, 9.17) is 16.3 Å². The van der Waals surface area contributed by atoms with Crippen molar-refractivity contribution in [1.82, 2.24) is 24.9 Å². The fourth-order valence-electron chi connectivity index (χ4n) is 7.45. The number of nitrogens with zero attached hydrogens (tertiary/aromatic N) is 8. The molecule has 0 saturated carbocycles. The highest BCUT2D eigenvalue weighted by molar-refractivity contribution is 7.93. The Labute approximate surface area is 347 Å². The zero-order chi connectivity index (χ0) is 42.5. The standard InChI is InChI=1S/C26H25F2N7O3S.C13H11ClF2N2O2S/c1-16-25(24-20(28)9-18(27)10-22(24)33-26(16)35-3-2-8-39(35,36)37)32-21-11-23(34-4-6-38-7-5-34)31-14-19(21)17-12-29-15-30-13-17;1-7-12(14)11-9(16)5-8(15)6-10(11)17-13(7)18-3-2-4-21(18,19)20/h9-15H,2-8H2,1H3,(H,31,32,33);5-6H,2-4H2,1H3. The summed E-state index contributed by atoms with van der Waals surface area (Å²) in [5.74, 6) is -2.26. The number of hydrogen-bond donors (Lipinski definition) is 1. The van der Waals surface area contributed by atoms with Crippen molar-refractivity contribution in [3.63, 3.8) is 0 Å². The number of pyridine rings is 3. The molecule has 0 aliphatic carbocycles. The number of hydrogen-bond acceptors (Lipinski definition) is 12. The summed E-state index contributed by atoms with van der Waals surface area (Å²) < 4.78 is 114. The van der Waals surface area contributed by atoms with Crippen LogP contribution in [0.5, 0.6) is 0 Å². The van der Waals surface area contributed by atoms with Gasteiger partial charge in [-0.2, -0.15) is 0 Å². The molecule has 0 unspecified atom stereocenters. The lowest BCUT2D eigenvalue weighted by Crippen LogP contribution is -2.36. The second kappa shape index (κ2) is 16.2. The highest BCUT2D eigenvalue weighted by Gasteiger charge is 2.34. The van der Waals surface area contributed by atoms with Crippen molar-refractivity contribution in [2.24, 2.45) is 0 Å². The van der Waals surface area contributed by atoms with Gasteiger partial charge in [-0.3, -0.25) is 8.61 Å². The lowest BCUT2D eigenvalue weighted by Gasteiger charge is -2.29. The van der Waals surface area contributed by atoms with Gasteiger partial charge in [0.05, 0.1) is 62.9 Å². The Morgan fingerprint density at radius 2 is 1.27 bits per heavy atom. The van der Waals surface area contributed by atoms with E-state index in [-0.39, 0.29) is 68.7 Å². The number of rotatable bonds is 6. The molecule has 3 aliphatic heterocycles. The molecule has 60 heavy (non-hydrogen) atoms. The molecule has 4 aromatic heterocycles. The number of halogens is 5. The molecule has 0 radical (unpaired) electrons. The van der Waals surface area contributed by atoms with E-state index in [0.29, 0.717) is 72.9 Å². The second-order valence-electron chi connectivity index (χ2n) is 14.3. The fraction of sp³-hybridized carbons (Fsp3) is 0.308. The summed E-state index contributed by atoms with van der Waals surface area (Å²) in [5.41, 5.74) is 2.95. The van der Waals surface area contributed by atoms with E-state index in [9.17, 15) is 30.0 Å². The molecule has 21 heteroatoms. The summed E-state index contributed by atoms with van der Waals surface area (Å²) in [4.78, 5) is 23.5. The second-order valence-corrected chi connectivity index (χ2v) is 18.7. The third-order valence-corrected chi connectivity index (χ3v) is 14.5. The minimum absolute atomic E-state index is 0.000185. The molecular weight excluding hydrogens is 850 g/mol. The summed E-state index contributed by atoms with van der Waals surface area (Å²) in [6.45, 7) is 6.22. The van der Waals surface area contributed by atoms with Crippen LogP contribution in [0.1, 0.15) is 24.0 Å². The average Bonchev–Trinajstić information content (AvgIpc) is 3.76. The van der Waals surface area contributed by atoms with Gasteiger partial charge < -0.3 is 15.0 Å². The lowest BCUT2D eigenvalue weighted by atomic mass is 10.1. The van der Waals surface area contributed by atoms with Crippen molar-refractivity contribution >= 4 is 82.3 Å². The van der Waals surface area contributed by atoms with Gasteiger partial charge in [0, 0.05) is 97.4 Å². The van der Waals surface area contributed by atoms with Crippen LogP contribution in [0.2, 0.25) is 5.02 Å². The monoisotopic (exact) mass is 885 g/mol. The number of ether oxygens (including phenoxy) is 1. The van der Waals surface area contributed by atoms with E-state index < -0.39 is 43.3 Å². The first-order valence-electron chi connectivity index (χ1n) is 18.7. The largest absolute Gasteiger partial charge is 0.378 e. The van der Waals surface area contributed by atoms with Crippen LogP contribution in [0.15, 0.2) is 55.2 Å². The van der Waals surface area contributed by atoms with Crippen LogP contribution < -0.4 is 18.8 Å². The average molecular weight is 886 g/mol. The van der Waals surface area contributed by atoms with Gasteiger partial charge in [0.2, 0.25) is 20.0 Å². The van der Waals surface area contributed by atoms with E-state index in [1.165, 1.54) is 10.6 Å². The van der Waals surface area contributed by atoms with Crippen LogP contribution in [0.25, 0.3) is 32.9 Å². The minimum Gasteiger partial charge on any atom is -0.378 e. The maximum Gasteiger partial charge on any atom is 0.236 e. The number of benzene rings is 2. The van der Waals surface area contributed by atoms with Crippen LogP contribution in [-0.4, -0.2) is 92.7 Å². The maximum absolute atomic E-state index is 15.3. The lowest BCUT2D eigenvalue weighted by molar-refractivity contribution is 0.122. The van der Waals surface area contributed by atoms with Crippen molar-refractivity contribution in [2.45, 2.75) is 26.7 Å². The van der Waals surface area contributed by atoms with Gasteiger partial charge in [-0.15, -0.1) is 0 Å². The third-order valence-electron chi connectivity index (χ3n) is 10.4. The molecular formula is C39H36ClF4N9O5S2. The van der Waals surface area contributed by atoms with Crippen molar-refractivity contribution in [1.29, 1.82) is 0 Å². The SMILES string of the molecule is Cc1c(N2CCCS2(=O)=O)nc2cc(F)cc(F)c2c1Cl.Cc1c(N2CCCS2(=O)=O)nc2cc(F)cc(F)c2c1Nc1cc(N2CCOCC2)ncc1-c1cncnc1. The number of anilines is 5. The Hall–Kier alpha value is -5.44. The van der Waals surface area contributed by atoms with Gasteiger partial charge in [-0.1, -0.05) is 11.6 Å². The van der Waals surface area contributed by atoms with Crippen molar-refractivity contribution < 1.29 is 39.1 Å². The van der Waals surface area contributed by atoms with Crippen LogP contribution in [0.4, 0.5) is 46.4 Å². The molecule has 314 valence electrons. The van der Waals surface area contributed by atoms with Gasteiger partial charge in [-0.05, 0) is 26.7 Å². The summed E-state index contributed by atoms with van der Waals surface area (Å²) >= 11 is 6.14. The molecule has 3 fully saturated rings. The van der Waals surface area contributed by atoms with Gasteiger partial charge in [0.1, 0.15) is 47.0 Å². The first-order chi connectivity index (χ1) is 28.6. The summed E-state index contributed by atoms with van der Waals surface area (Å²) in [6.07, 6.45) is 7.30. The molecule has 1 N–H and O–H groups in total. The third kappa shape index (κ3) is 7.83. The van der Waals surface area contributed by atoms with Crippen LogP contribution >= 0.6 is 11.6 Å². The first kappa shape index (κ1) is 41.3. The van der Waals surface area contributed by atoms with E-state index >= 15 is 4.39 Å². The number of aromatic nitrogens is 5. The van der Waals surface area contributed by atoms with E-state index in [1.807, 2.05) is 6.07 Å². The summed E-state index contributed by atoms with van der Waals surface area (Å²) in [7, 11) is -7.05. The molecule has 0 spiro atoms. The predicted molar refractivity (Wildman–Crippen MR) is 221 cm³/mol. The predicted octanol–water partition coefficient (Wildman–Crippen LogP) is 6.81. The number of nitrogens with one attached hydrogen (secondary N) is 1. The Balaban J connectivity index is 0.000000200. The summed E-state index contributed by atoms with van der Waals surface area (Å²) in [6, 6.07) is 5.50. The van der Waals surface area contributed by atoms with Crippen molar-refractivity contribution in [2.75, 3.05) is 69.7 Å². The summed E-state index contributed by atoms with van der Waals surface area (Å²) in [5, 5.41) is 3.43. The topological polar surface area (TPSA) is 164 Å².